The normalized spacial score (nSPS) is 14.3. The van der Waals surface area contributed by atoms with Crippen molar-refractivity contribution in [3.8, 4) is 0 Å². The van der Waals surface area contributed by atoms with Crippen LogP contribution >= 0.6 is 0 Å². The van der Waals surface area contributed by atoms with Gasteiger partial charge in [-0.25, -0.2) is 9.87 Å². The molecule has 23 heavy (non-hydrogen) atoms. The van der Waals surface area contributed by atoms with Crippen LogP contribution in [0.3, 0.4) is 0 Å². The van der Waals surface area contributed by atoms with Gasteiger partial charge >= 0.3 is 0 Å². The fraction of sp³-hybridized carbons (Fsp3) is 0.118. The molecule has 5 nitrogen and oxygen atoms in total. The number of benzene rings is 1. The van der Waals surface area contributed by atoms with E-state index in [0.717, 1.165) is 12.5 Å². The lowest BCUT2D eigenvalue weighted by Crippen LogP contribution is -2.14. The molecule has 1 aromatic rings. The number of carbonyl (C=O) groups is 2. The van der Waals surface area contributed by atoms with Crippen LogP contribution in [0, 0.1) is 5.82 Å². The highest BCUT2D eigenvalue weighted by Gasteiger charge is 2.06. The molecule has 0 fully saturated rings. The van der Waals surface area contributed by atoms with E-state index in [-0.39, 0.29) is 11.3 Å². The molecule has 0 unspecified atom stereocenters. The average Bonchev–Trinajstić information content (AvgIpc) is 2.59. The van der Waals surface area contributed by atoms with Gasteiger partial charge in [0, 0.05) is 30.0 Å². The van der Waals surface area contributed by atoms with Gasteiger partial charge in [0.25, 0.3) is 5.91 Å². The number of hydroxylamine groups is 1. The molecule has 1 heterocycles. The highest BCUT2D eigenvalue weighted by Crippen LogP contribution is 2.14. The number of hydrogen-bond donors (Lipinski definition) is 2. The summed E-state index contributed by atoms with van der Waals surface area (Å²) in [5.41, 5.74) is 2.66. The summed E-state index contributed by atoms with van der Waals surface area (Å²) in [5.74, 6) is -1.45. The van der Waals surface area contributed by atoms with Gasteiger partial charge < -0.3 is 0 Å². The number of nitrogens with zero attached hydrogens (tertiary/aromatic N) is 1. The first kappa shape index (κ1) is 16.5. The topological polar surface area (TPSA) is 78.8 Å². The molecule has 0 saturated carbocycles. The fourth-order valence-corrected chi connectivity index (χ4v) is 1.93. The minimum Gasteiger partial charge on any atom is -0.292 e. The molecule has 0 aromatic heterocycles. The van der Waals surface area contributed by atoms with Crippen molar-refractivity contribution in [2.24, 2.45) is 4.99 Å². The molecule has 0 atom stereocenters. The number of ketones is 1. The highest BCUT2D eigenvalue weighted by molar-refractivity contribution is 6.19. The molecular weight excluding hydrogens is 299 g/mol. The van der Waals surface area contributed by atoms with Crippen LogP contribution in [0.4, 0.5) is 4.39 Å². The second-order valence-electron chi connectivity index (χ2n) is 4.77. The Kier molecular flexibility index (Phi) is 5.71. The van der Waals surface area contributed by atoms with E-state index in [2.05, 4.69) is 4.99 Å². The Labute approximate surface area is 132 Å². The van der Waals surface area contributed by atoms with Crippen molar-refractivity contribution in [2.75, 3.05) is 6.54 Å². The molecule has 1 aliphatic rings. The molecule has 6 heteroatoms. The minimum absolute atomic E-state index is 0.226. The molecule has 0 bridgehead atoms. The number of aliphatic imine (C=N–C) groups is 1. The summed E-state index contributed by atoms with van der Waals surface area (Å²) in [6, 6.07) is 4.32. The second-order valence-corrected chi connectivity index (χ2v) is 4.77. The third-order valence-corrected chi connectivity index (χ3v) is 3.11. The van der Waals surface area contributed by atoms with Crippen LogP contribution in [-0.2, 0) is 9.59 Å². The number of halogens is 1. The first-order valence-corrected chi connectivity index (χ1v) is 6.94. The minimum atomic E-state index is -0.706. The number of dihydropyridines is 1. The predicted octanol–water partition coefficient (Wildman–Crippen LogP) is 2.33. The quantitative estimate of drug-likeness (QED) is 0.497. The molecule has 2 rings (SSSR count). The molecule has 2 N–H and O–H groups in total. The number of nitrogens with one attached hydrogen (secondary N) is 1. The van der Waals surface area contributed by atoms with Crippen molar-refractivity contribution in [3.63, 3.8) is 0 Å². The van der Waals surface area contributed by atoms with Crippen LogP contribution in [0.15, 0.2) is 47.0 Å². The van der Waals surface area contributed by atoms with E-state index in [1.807, 2.05) is 0 Å². The van der Waals surface area contributed by atoms with Crippen LogP contribution in [0.5, 0.6) is 0 Å². The summed E-state index contributed by atoms with van der Waals surface area (Å²) >= 11 is 0. The Bertz CT molecular complexity index is 733. The number of rotatable bonds is 5. The largest absolute Gasteiger partial charge is 0.292 e. The van der Waals surface area contributed by atoms with Crippen molar-refractivity contribution in [1.29, 1.82) is 0 Å². The van der Waals surface area contributed by atoms with Gasteiger partial charge in [-0.15, -0.1) is 0 Å². The maximum Gasteiger partial charge on any atom is 0.267 e. The predicted molar refractivity (Wildman–Crippen MR) is 85.5 cm³/mol. The molecule has 1 aromatic carbocycles. The zero-order chi connectivity index (χ0) is 16.7. The van der Waals surface area contributed by atoms with E-state index in [9.17, 15) is 14.0 Å². The SMILES string of the molecule is O=C(/C=C/c1ccc(/C=C/C(=O)C2=CCCN=C2)c(F)c1)NO. The number of carbonyl (C=O) groups excluding carboxylic acids is 2. The smallest absolute Gasteiger partial charge is 0.267 e. The first-order valence-electron chi connectivity index (χ1n) is 6.94. The first-order chi connectivity index (χ1) is 11.1. The summed E-state index contributed by atoms with van der Waals surface area (Å²) < 4.78 is 14.0. The van der Waals surface area contributed by atoms with Crippen LogP contribution < -0.4 is 5.48 Å². The van der Waals surface area contributed by atoms with E-state index in [4.69, 9.17) is 5.21 Å². The summed E-state index contributed by atoms with van der Waals surface area (Å²) in [5, 5.41) is 8.36. The van der Waals surface area contributed by atoms with E-state index in [0.29, 0.717) is 17.7 Å². The van der Waals surface area contributed by atoms with Crippen LogP contribution in [-0.4, -0.2) is 29.7 Å². The van der Waals surface area contributed by atoms with E-state index in [1.165, 1.54) is 42.1 Å². The summed E-state index contributed by atoms with van der Waals surface area (Å²) in [6.45, 7) is 0.679. The maximum atomic E-state index is 14.0. The Morgan fingerprint density at radius 3 is 2.74 bits per heavy atom. The van der Waals surface area contributed by atoms with Gasteiger partial charge in [-0.2, -0.15) is 0 Å². The summed E-state index contributed by atoms with van der Waals surface area (Å²) in [6.07, 6.45) is 9.18. The van der Waals surface area contributed by atoms with Crippen molar-refractivity contribution < 1.29 is 19.2 Å². The van der Waals surface area contributed by atoms with Gasteiger partial charge in [0.05, 0.1) is 0 Å². The van der Waals surface area contributed by atoms with Gasteiger partial charge in [0.15, 0.2) is 5.78 Å². The molecule has 0 spiro atoms. The molecule has 1 amide bonds. The monoisotopic (exact) mass is 314 g/mol. The van der Waals surface area contributed by atoms with Gasteiger partial charge in [0.1, 0.15) is 5.82 Å². The van der Waals surface area contributed by atoms with Crippen LogP contribution in [0.25, 0.3) is 12.2 Å². The Morgan fingerprint density at radius 2 is 2.09 bits per heavy atom. The second kappa shape index (κ2) is 7.95. The number of hydrogen-bond acceptors (Lipinski definition) is 4. The fourth-order valence-electron chi connectivity index (χ4n) is 1.93. The number of amides is 1. The summed E-state index contributed by atoms with van der Waals surface area (Å²) in [7, 11) is 0. The third-order valence-electron chi connectivity index (χ3n) is 3.11. The van der Waals surface area contributed by atoms with Gasteiger partial charge in [-0.1, -0.05) is 18.2 Å². The Hall–Kier alpha value is -2.86. The maximum absolute atomic E-state index is 14.0. The van der Waals surface area contributed by atoms with Gasteiger partial charge in [-0.3, -0.25) is 19.8 Å². The van der Waals surface area contributed by atoms with Crippen LogP contribution in [0.2, 0.25) is 0 Å². The molecule has 118 valence electrons. The third kappa shape index (κ3) is 4.82. The van der Waals surface area contributed by atoms with Gasteiger partial charge in [-0.05, 0) is 36.3 Å². The molecule has 0 radical (unpaired) electrons. The van der Waals surface area contributed by atoms with E-state index < -0.39 is 11.7 Å². The van der Waals surface area contributed by atoms with Crippen molar-refractivity contribution in [3.05, 3.63) is 58.9 Å². The van der Waals surface area contributed by atoms with Crippen LogP contribution in [0.1, 0.15) is 17.5 Å². The van der Waals surface area contributed by atoms with E-state index >= 15 is 0 Å². The number of allylic oxidation sites excluding steroid dienone is 2. The van der Waals surface area contributed by atoms with Gasteiger partial charge in [0.2, 0.25) is 0 Å². The zero-order valence-corrected chi connectivity index (χ0v) is 12.2. The molecular formula is C17H15FN2O3. The molecule has 0 aliphatic carbocycles. The standard InChI is InChI=1S/C17H15FN2O3/c18-15-10-12(4-8-17(22)20-23)3-5-13(15)6-7-16(21)14-2-1-9-19-11-14/h2-8,10-11,23H,1,9H2,(H,20,22)/b7-6+,8-4+. The highest BCUT2D eigenvalue weighted by atomic mass is 19.1. The molecule has 0 saturated heterocycles. The lowest BCUT2D eigenvalue weighted by Gasteiger charge is -2.02. The van der Waals surface area contributed by atoms with Crippen molar-refractivity contribution >= 4 is 30.1 Å². The van der Waals surface area contributed by atoms with Crippen molar-refractivity contribution in [1.82, 2.24) is 5.48 Å². The zero-order valence-electron chi connectivity index (χ0n) is 12.2. The summed E-state index contributed by atoms with van der Waals surface area (Å²) in [4.78, 5) is 26.8. The lowest BCUT2D eigenvalue weighted by atomic mass is 10.1. The lowest BCUT2D eigenvalue weighted by molar-refractivity contribution is -0.124. The Morgan fingerprint density at radius 1 is 1.26 bits per heavy atom. The average molecular weight is 314 g/mol. The van der Waals surface area contributed by atoms with Crippen molar-refractivity contribution in [2.45, 2.75) is 6.42 Å². The Balaban J connectivity index is 2.09. The molecule has 1 aliphatic heterocycles. The van der Waals surface area contributed by atoms with E-state index in [1.54, 1.807) is 12.1 Å².